The van der Waals surface area contributed by atoms with Gasteiger partial charge in [-0.1, -0.05) is 6.07 Å². The van der Waals surface area contributed by atoms with E-state index in [-0.39, 0.29) is 23.8 Å². The number of nitrogens with zero attached hydrogens (tertiary/aromatic N) is 1. The number of piperidine rings is 1. The molecular weight excluding hydrogens is 298 g/mol. The molecule has 2 spiro atoms. The van der Waals surface area contributed by atoms with Gasteiger partial charge in [0.15, 0.2) is 23.4 Å². The van der Waals surface area contributed by atoms with Crippen molar-refractivity contribution in [2.45, 2.75) is 47.6 Å². The summed E-state index contributed by atoms with van der Waals surface area (Å²) < 4.78 is 11.4. The number of benzene rings is 1. The molecule has 1 aromatic rings. The van der Waals surface area contributed by atoms with E-state index in [1.54, 1.807) is 7.11 Å². The van der Waals surface area contributed by atoms with Crippen LogP contribution in [0.4, 0.5) is 0 Å². The first kappa shape index (κ1) is 12.8. The molecule has 0 amide bonds. The molecule has 0 radical (unpaired) electrons. The number of rotatable bonds is 1. The van der Waals surface area contributed by atoms with Gasteiger partial charge >= 0.3 is 0 Å². The molecule has 3 fully saturated rings. The summed E-state index contributed by atoms with van der Waals surface area (Å²) in [6.45, 7) is 0. The van der Waals surface area contributed by atoms with Crippen LogP contribution in [-0.4, -0.2) is 58.9 Å². The summed E-state index contributed by atoms with van der Waals surface area (Å²) in [7, 11) is 3.55. The highest BCUT2D eigenvalue weighted by Crippen LogP contribution is 2.81. The van der Waals surface area contributed by atoms with E-state index in [9.17, 15) is 15.0 Å². The molecule has 3 unspecified atom stereocenters. The Morgan fingerprint density at radius 2 is 2.22 bits per heavy atom. The predicted octanol–water partition coefficient (Wildman–Crippen LogP) is -0.315. The number of hydrogen-bond donors (Lipinski definition) is 2. The fourth-order valence-electron chi connectivity index (χ4n) is 6.45. The van der Waals surface area contributed by atoms with E-state index >= 15 is 0 Å². The summed E-state index contributed by atoms with van der Waals surface area (Å²) >= 11 is 0. The predicted molar refractivity (Wildman–Crippen MR) is 77.5 cm³/mol. The van der Waals surface area contributed by atoms with Crippen molar-refractivity contribution in [3.63, 3.8) is 0 Å². The lowest BCUT2D eigenvalue weighted by Crippen LogP contribution is -2.70. The van der Waals surface area contributed by atoms with Gasteiger partial charge in [-0.15, -0.1) is 0 Å². The number of carbonyl (C=O) groups is 1. The Balaban J connectivity index is 1.76. The van der Waals surface area contributed by atoms with Crippen molar-refractivity contribution >= 4 is 5.78 Å². The van der Waals surface area contributed by atoms with Crippen molar-refractivity contribution < 1.29 is 24.5 Å². The lowest BCUT2D eigenvalue weighted by molar-refractivity contribution is -0.179. The van der Waals surface area contributed by atoms with Crippen LogP contribution in [0.25, 0.3) is 0 Å². The van der Waals surface area contributed by atoms with Gasteiger partial charge in [-0.2, -0.15) is 0 Å². The third kappa shape index (κ3) is 0.880. The second-order valence-corrected chi connectivity index (χ2v) is 7.61. The molecule has 2 bridgehead atoms. The number of fused-ring (bicyclic) bond motifs is 1. The average Bonchev–Trinajstić information content (AvgIpc) is 2.85. The minimum absolute atomic E-state index is 0.0605. The number of ether oxygens (including phenoxy) is 2. The standard InChI is InChI=1S/C17H17NO5/c1-18-14-16(18)6-15-11-7(16)3-4-9(22-2)12(11)23-13(15)8(19)5-10(20)17(14,15)21/h3-4,10,13-14,20-21H,5-6H2,1-2H3/t10-,13-,14+,15-,16?,17?,18?/m0/s1. The first-order valence-corrected chi connectivity index (χ1v) is 7.99. The number of carbonyl (C=O) groups excluding carboxylic acids is 1. The molecule has 23 heavy (non-hydrogen) atoms. The van der Waals surface area contributed by atoms with E-state index < -0.39 is 23.2 Å². The normalized spacial score (nSPS) is 53.0. The second kappa shape index (κ2) is 3.14. The molecule has 6 rings (SSSR count). The molecule has 1 saturated heterocycles. The van der Waals surface area contributed by atoms with Crippen LogP contribution in [0.2, 0.25) is 0 Å². The summed E-state index contributed by atoms with van der Waals surface area (Å²) in [5.41, 5.74) is -0.450. The second-order valence-electron chi connectivity index (χ2n) is 7.61. The van der Waals surface area contributed by atoms with Gasteiger partial charge < -0.3 is 19.7 Å². The molecule has 6 heteroatoms. The number of likely N-dealkylation sites (N-methyl/N-ethyl adjacent to an activating group) is 1. The Labute approximate surface area is 132 Å². The summed E-state index contributed by atoms with van der Waals surface area (Å²) in [6.07, 6.45) is -1.21. The number of Topliss-reactive ketones (excluding diaryl/α,β-unsaturated/α-hetero) is 1. The molecule has 3 aliphatic carbocycles. The lowest BCUT2D eigenvalue weighted by atomic mass is 9.58. The van der Waals surface area contributed by atoms with Crippen molar-refractivity contribution in [2.75, 3.05) is 14.2 Å². The Morgan fingerprint density at radius 1 is 1.43 bits per heavy atom. The van der Waals surface area contributed by atoms with Crippen LogP contribution in [-0.2, 0) is 15.7 Å². The molecular formula is C17H17NO5. The average molecular weight is 315 g/mol. The minimum atomic E-state index is -1.34. The van der Waals surface area contributed by atoms with Crippen molar-refractivity contribution in [3.8, 4) is 11.5 Å². The SMILES string of the molecule is COc1ccc2c3c1O[C@H]1C(=O)C[C@H](O)C4(O)[C@@H]5N(C)C25C[C@]314. The molecule has 2 saturated carbocycles. The van der Waals surface area contributed by atoms with E-state index in [4.69, 9.17) is 9.47 Å². The van der Waals surface area contributed by atoms with Crippen LogP contribution in [0.5, 0.6) is 11.5 Å². The van der Waals surface area contributed by atoms with Crippen LogP contribution >= 0.6 is 0 Å². The summed E-state index contributed by atoms with van der Waals surface area (Å²) in [4.78, 5) is 14.7. The van der Waals surface area contributed by atoms with Crippen molar-refractivity contribution in [2.24, 2.45) is 0 Å². The van der Waals surface area contributed by atoms with Gasteiger partial charge in [0, 0.05) is 12.0 Å². The number of methoxy groups -OCH3 is 1. The monoisotopic (exact) mass is 315 g/mol. The summed E-state index contributed by atoms with van der Waals surface area (Å²) in [6, 6.07) is 3.75. The topological polar surface area (TPSA) is 79.0 Å². The molecule has 120 valence electrons. The summed E-state index contributed by atoms with van der Waals surface area (Å²) in [5, 5.41) is 22.2. The van der Waals surface area contributed by atoms with E-state index in [0.717, 1.165) is 11.1 Å². The molecule has 2 N–H and O–H groups in total. The van der Waals surface area contributed by atoms with Crippen molar-refractivity contribution in [3.05, 3.63) is 23.3 Å². The van der Waals surface area contributed by atoms with Crippen LogP contribution in [0.15, 0.2) is 12.1 Å². The van der Waals surface area contributed by atoms with Crippen LogP contribution < -0.4 is 9.47 Å². The minimum Gasteiger partial charge on any atom is -0.493 e. The van der Waals surface area contributed by atoms with Gasteiger partial charge in [0.1, 0.15) is 5.60 Å². The van der Waals surface area contributed by atoms with Gasteiger partial charge in [0.05, 0.1) is 30.2 Å². The number of aliphatic hydroxyl groups excluding tert-OH is 1. The first-order valence-electron chi connectivity index (χ1n) is 7.99. The third-order valence-electron chi connectivity index (χ3n) is 7.21. The Hall–Kier alpha value is -1.63. The van der Waals surface area contributed by atoms with Crippen LogP contribution in [0.3, 0.4) is 0 Å². The van der Waals surface area contributed by atoms with Gasteiger partial charge in [0.2, 0.25) is 0 Å². The maximum Gasteiger partial charge on any atom is 0.177 e. The van der Waals surface area contributed by atoms with Crippen LogP contribution in [0, 0.1) is 0 Å². The highest BCUT2D eigenvalue weighted by Gasteiger charge is 2.93. The fraction of sp³-hybridized carbons (Fsp3) is 0.588. The Kier molecular flexibility index (Phi) is 1.74. The molecule has 5 aliphatic rings. The smallest absolute Gasteiger partial charge is 0.177 e. The highest BCUT2D eigenvalue weighted by atomic mass is 16.5. The molecule has 7 atom stereocenters. The molecule has 1 aromatic carbocycles. The maximum atomic E-state index is 12.6. The number of ketones is 1. The largest absolute Gasteiger partial charge is 0.493 e. The van der Waals surface area contributed by atoms with Crippen LogP contribution in [0.1, 0.15) is 24.0 Å². The van der Waals surface area contributed by atoms with E-state index in [2.05, 4.69) is 4.90 Å². The lowest BCUT2D eigenvalue weighted by Gasteiger charge is -2.49. The first-order chi connectivity index (χ1) is 10.9. The highest BCUT2D eigenvalue weighted by molar-refractivity contribution is 5.92. The number of hydrogen-bond acceptors (Lipinski definition) is 6. The summed E-state index contributed by atoms with van der Waals surface area (Å²) in [5.74, 6) is 1.03. The number of aliphatic hydroxyl groups is 2. The van der Waals surface area contributed by atoms with E-state index in [1.165, 1.54) is 0 Å². The zero-order valence-electron chi connectivity index (χ0n) is 12.9. The molecule has 0 aromatic heterocycles. The third-order valence-corrected chi connectivity index (χ3v) is 7.21. The van der Waals surface area contributed by atoms with Gasteiger partial charge in [0.25, 0.3) is 0 Å². The quantitative estimate of drug-likeness (QED) is 0.692. The fourth-order valence-corrected chi connectivity index (χ4v) is 6.45. The van der Waals surface area contributed by atoms with E-state index in [1.807, 2.05) is 19.2 Å². The molecule has 6 nitrogen and oxygen atoms in total. The van der Waals surface area contributed by atoms with Gasteiger partial charge in [-0.25, -0.2) is 0 Å². The zero-order chi connectivity index (χ0) is 15.9. The zero-order valence-corrected chi connectivity index (χ0v) is 12.9. The van der Waals surface area contributed by atoms with Gasteiger partial charge in [-0.3, -0.25) is 9.69 Å². The Bertz CT molecular complexity index is 823. The number of likely N-dealkylation sites (tertiary alicyclic amines) is 1. The van der Waals surface area contributed by atoms with Crippen molar-refractivity contribution in [1.82, 2.24) is 4.90 Å². The van der Waals surface area contributed by atoms with Crippen molar-refractivity contribution in [1.29, 1.82) is 0 Å². The molecule has 2 aliphatic heterocycles. The molecule has 2 heterocycles. The Morgan fingerprint density at radius 3 is 2.96 bits per heavy atom. The van der Waals surface area contributed by atoms with E-state index in [0.29, 0.717) is 17.9 Å². The van der Waals surface area contributed by atoms with Gasteiger partial charge in [-0.05, 0) is 25.1 Å². The maximum absolute atomic E-state index is 12.6.